The van der Waals surface area contributed by atoms with Crippen LogP contribution < -0.4 is 0 Å². The second-order valence-electron chi connectivity index (χ2n) is 6.56. The fraction of sp³-hybridized carbons (Fsp3) is 0.733. The van der Waals surface area contributed by atoms with Crippen LogP contribution in [-0.4, -0.2) is 17.9 Å². The average molecular weight is 244 g/mol. The molecule has 96 valence electrons. The molecule has 3 heteroatoms. The van der Waals surface area contributed by atoms with Gasteiger partial charge in [0, 0.05) is 19.3 Å². The van der Waals surface area contributed by atoms with E-state index in [1.807, 2.05) is 6.07 Å². The maximum Gasteiger partial charge on any atom is 0.232 e. The molecule has 0 spiro atoms. The van der Waals surface area contributed by atoms with Crippen molar-refractivity contribution in [1.29, 1.82) is 5.26 Å². The molecular weight excluding hydrogens is 224 g/mol. The van der Waals surface area contributed by atoms with Gasteiger partial charge in [0.15, 0.2) is 0 Å². The standard InChI is InChI=1S/C15H20N2O/c1-17(4-2-3-16)14(18)15-8-11-5-12(9-15)7-13(6-11)10-15/h2,4,11-13H,5-10H2,1H3/b4-2-. The third-order valence-electron chi connectivity index (χ3n) is 5.18. The lowest BCUT2D eigenvalue weighted by molar-refractivity contribution is -0.153. The molecule has 4 fully saturated rings. The second kappa shape index (κ2) is 4.12. The fourth-order valence-electron chi connectivity index (χ4n) is 4.96. The van der Waals surface area contributed by atoms with Gasteiger partial charge in [-0.25, -0.2) is 0 Å². The van der Waals surface area contributed by atoms with Crippen molar-refractivity contribution in [3.05, 3.63) is 12.3 Å². The number of hydrogen-bond donors (Lipinski definition) is 0. The molecule has 0 aliphatic heterocycles. The predicted molar refractivity (Wildman–Crippen MR) is 68.1 cm³/mol. The van der Waals surface area contributed by atoms with Crippen molar-refractivity contribution < 1.29 is 4.79 Å². The molecule has 4 aliphatic carbocycles. The zero-order valence-corrected chi connectivity index (χ0v) is 10.9. The SMILES string of the molecule is CN(/C=C\C#N)C(=O)C12CC3CC(CC(C3)C1)C2. The average Bonchev–Trinajstić information content (AvgIpc) is 2.33. The molecule has 0 atom stereocenters. The van der Waals surface area contributed by atoms with Gasteiger partial charge < -0.3 is 4.90 Å². The Labute approximate surface area is 108 Å². The highest BCUT2D eigenvalue weighted by atomic mass is 16.2. The number of hydrogen-bond acceptors (Lipinski definition) is 2. The molecule has 4 aliphatic rings. The first-order valence-electron chi connectivity index (χ1n) is 6.96. The summed E-state index contributed by atoms with van der Waals surface area (Å²) in [7, 11) is 1.79. The predicted octanol–water partition coefficient (Wildman–Crippen LogP) is 2.70. The van der Waals surface area contributed by atoms with Crippen molar-refractivity contribution in [3.63, 3.8) is 0 Å². The lowest BCUT2D eigenvalue weighted by Crippen LogP contribution is -2.53. The summed E-state index contributed by atoms with van der Waals surface area (Å²) in [5.74, 6) is 2.60. The molecule has 0 heterocycles. The van der Waals surface area contributed by atoms with Crippen LogP contribution in [0.4, 0.5) is 0 Å². The smallest absolute Gasteiger partial charge is 0.232 e. The van der Waals surface area contributed by atoms with Gasteiger partial charge in [0.2, 0.25) is 5.91 Å². The highest BCUT2D eigenvalue weighted by Crippen LogP contribution is 2.60. The van der Waals surface area contributed by atoms with Gasteiger partial charge in [0.25, 0.3) is 0 Å². The highest BCUT2D eigenvalue weighted by molar-refractivity contribution is 5.84. The number of amides is 1. The normalized spacial score (nSPS) is 41.0. The maximum atomic E-state index is 12.7. The molecule has 4 rings (SSSR count). The Morgan fingerprint density at radius 3 is 2.17 bits per heavy atom. The van der Waals surface area contributed by atoms with Gasteiger partial charge in [-0.1, -0.05) is 0 Å². The zero-order valence-electron chi connectivity index (χ0n) is 10.9. The van der Waals surface area contributed by atoms with E-state index in [1.54, 1.807) is 18.1 Å². The molecule has 0 unspecified atom stereocenters. The summed E-state index contributed by atoms with van der Waals surface area (Å²) in [6.07, 6.45) is 10.3. The van der Waals surface area contributed by atoms with Gasteiger partial charge in [0.1, 0.15) is 0 Å². The van der Waals surface area contributed by atoms with Gasteiger partial charge in [-0.3, -0.25) is 4.79 Å². The van der Waals surface area contributed by atoms with Crippen LogP contribution in [0.25, 0.3) is 0 Å². The summed E-state index contributed by atoms with van der Waals surface area (Å²) in [6.45, 7) is 0. The molecule has 18 heavy (non-hydrogen) atoms. The molecule has 0 aromatic heterocycles. The van der Waals surface area contributed by atoms with E-state index < -0.39 is 0 Å². The number of carbonyl (C=O) groups is 1. The Hall–Kier alpha value is -1.30. The third kappa shape index (κ3) is 1.75. The Morgan fingerprint density at radius 2 is 1.72 bits per heavy atom. The van der Waals surface area contributed by atoms with Crippen molar-refractivity contribution in [1.82, 2.24) is 4.90 Å². The fourth-order valence-corrected chi connectivity index (χ4v) is 4.96. The van der Waals surface area contributed by atoms with Crippen LogP contribution in [0, 0.1) is 34.5 Å². The molecule has 0 aromatic carbocycles. The summed E-state index contributed by atoms with van der Waals surface area (Å²) in [5, 5.41) is 8.56. The molecule has 1 amide bonds. The number of nitrogens with zero attached hydrogens (tertiary/aromatic N) is 2. The maximum absolute atomic E-state index is 12.7. The molecule has 0 radical (unpaired) electrons. The monoisotopic (exact) mass is 244 g/mol. The van der Waals surface area contributed by atoms with E-state index in [-0.39, 0.29) is 11.3 Å². The molecule has 4 bridgehead atoms. The summed E-state index contributed by atoms with van der Waals surface area (Å²) >= 11 is 0. The number of nitriles is 1. The molecular formula is C15H20N2O. The largest absolute Gasteiger partial charge is 0.321 e. The van der Waals surface area contributed by atoms with Crippen molar-refractivity contribution in [3.8, 4) is 6.07 Å². The van der Waals surface area contributed by atoms with E-state index in [0.717, 1.165) is 37.0 Å². The lowest BCUT2D eigenvalue weighted by Gasteiger charge is -2.56. The third-order valence-corrected chi connectivity index (χ3v) is 5.18. The van der Waals surface area contributed by atoms with Gasteiger partial charge in [0.05, 0.1) is 11.5 Å². The topological polar surface area (TPSA) is 44.1 Å². The minimum atomic E-state index is -0.0940. The van der Waals surface area contributed by atoms with E-state index in [9.17, 15) is 4.79 Å². The van der Waals surface area contributed by atoms with Crippen LogP contribution in [0.2, 0.25) is 0 Å². The first-order valence-corrected chi connectivity index (χ1v) is 6.96. The first-order chi connectivity index (χ1) is 8.63. The van der Waals surface area contributed by atoms with E-state index in [0.29, 0.717) is 0 Å². The Bertz CT molecular complexity index is 397. The van der Waals surface area contributed by atoms with E-state index in [4.69, 9.17) is 5.26 Å². The molecule has 0 N–H and O–H groups in total. The zero-order chi connectivity index (χ0) is 12.8. The second-order valence-corrected chi connectivity index (χ2v) is 6.56. The summed E-state index contributed by atoms with van der Waals surface area (Å²) in [6, 6.07) is 1.95. The van der Waals surface area contributed by atoms with Crippen molar-refractivity contribution in [2.24, 2.45) is 23.2 Å². The van der Waals surface area contributed by atoms with Crippen molar-refractivity contribution in [2.75, 3.05) is 7.05 Å². The first kappa shape index (κ1) is 11.8. The van der Waals surface area contributed by atoms with Crippen LogP contribution in [0.3, 0.4) is 0 Å². The van der Waals surface area contributed by atoms with Gasteiger partial charge in [-0.05, 0) is 56.3 Å². The number of rotatable bonds is 2. The van der Waals surface area contributed by atoms with Crippen molar-refractivity contribution >= 4 is 5.91 Å². The highest BCUT2D eigenvalue weighted by Gasteiger charge is 2.55. The van der Waals surface area contributed by atoms with Gasteiger partial charge >= 0.3 is 0 Å². The lowest BCUT2D eigenvalue weighted by atomic mass is 9.49. The number of carbonyl (C=O) groups excluding carboxylic acids is 1. The van der Waals surface area contributed by atoms with Gasteiger partial charge in [-0.2, -0.15) is 5.26 Å². The van der Waals surface area contributed by atoms with Crippen LogP contribution in [0.5, 0.6) is 0 Å². The summed E-state index contributed by atoms with van der Waals surface area (Å²) < 4.78 is 0. The number of allylic oxidation sites excluding steroid dienone is 1. The Morgan fingerprint density at radius 1 is 1.22 bits per heavy atom. The van der Waals surface area contributed by atoms with E-state index in [2.05, 4.69) is 0 Å². The van der Waals surface area contributed by atoms with Crippen LogP contribution in [-0.2, 0) is 4.79 Å². The molecule has 4 saturated carbocycles. The van der Waals surface area contributed by atoms with Crippen LogP contribution >= 0.6 is 0 Å². The van der Waals surface area contributed by atoms with Gasteiger partial charge in [-0.15, -0.1) is 0 Å². The van der Waals surface area contributed by atoms with E-state index >= 15 is 0 Å². The Balaban J connectivity index is 1.81. The molecule has 3 nitrogen and oxygen atoms in total. The quantitative estimate of drug-likeness (QED) is 0.701. The minimum Gasteiger partial charge on any atom is -0.321 e. The van der Waals surface area contributed by atoms with Crippen LogP contribution in [0.1, 0.15) is 38.5 Å². The van der Waals surface area contributed by atoms with Crippen LogP contribution in [0.15, 0.2) is 12.3 Å². The van der Waals surface area contributed by atoms with Crippen molar-refractivity contribution in [2.45, 2.75) is 38.5 Å². The minimum absolute atomic E-state index is 0.0940. The Kier molecular flexibility index (Phi) is 2.69. The van der Waals surface area contributed by atoms with E-state index in [1.165, 1.54) is 25.3 Å². The summed E-state index contributed by atoms with van der Waals surface area (Å²) in [4.78, 5) is 14.3. The molecule has 0 aromatic rings. The molecule has 0 saturated heterocycles. The summed E-state index contributed by atoms with van der Waals surface area (Å²) in [5.41, 5.74) is -0.0940.